The van der Waals surface area contributed by atoms with Crippen LogP contribution in [0.25, 0.3) is 0 Å². The molecule has 1 saturated carbocycles. The highest BCUT2D eigenvalue weighted by atomic mass is 16.5. The number of esters is 1. The smallest absolute Gasteiger partial charge is 0.302 e. The van der Waals surface area contributed by atoms with Crippen LogP contribution in [0.4, 0.5) is 0 Å². The van der Waals surface area contributed by atoms with Gasteiger partial charge in [-0.25, -0.2) is 0 Å². The van der Waals surface area contributed by atoms with Crippen LogP contribution in [-0.4, -0.2) is 12.6 Å². The van der Waals surface area contributed by atoms with E-state index in [4.69, 9.17) is 4.74 Å². The summed E-state index contributed by atoms with van der Waals surface area (Å²) in [6, 6.07) is 0. The SMILES string of the molecule is C/C=C/C1(C)CCC(COC(C)=O)CC1. The van der Waals surface area contributed by atoms with Gasteiger partial charge in [0.15, 0.2) is 0 Å². The Labute approximate surface area is 92.7 Å². The zero-order valence-electron chi connectivity index (χ0n) is 10.1. The first-order valence-electron chi connectivity index (χ1n) is 5.83. The Morgan fingerprint density at radius 1 is 1.47 bits per heavy atom. The molecule has 0 bridgehead atoms. The fourth-order valence-electron chi connectivity index (χ4n) is 2.31. The average Bonchev–Trinajstić information content (AvgIpc) is 2.17. The number of carbonyl (C=O) groups is 1. The van der Waals surface area contributed by atoms with E-state index in [0.717, 1.165) is 0 Å². The van der Waals surface area contributed by atoms with E-state index < -0.39 is 0 Å². The average molecular weight is 210 g/mol. The molecule has 1 aliphatic carbocycles. The molecule has 0 radical (unpaired) electrons. The third-order valence-electron chi connectivity index (χ3n) is 3.34. The maximum Gasteiger partial charge on any atom is 0.302 e. The molecule has 0 aromatic rings. The molecule has 0 unspecified atom stereocenters. The monoisotopic (exact) mass is 210 g/mol. The number of hydrogen-bond donors (Lipinski definition) is 0. The van der Waals surface area contributed by atoms with Crippen molar-refractivity contribution >= 4 is 5.97 Å². The molecular formula is C13H22O2. The molecular weight excluding hydrogens is 188 g/mol. The molecule has 0 N–H and O–H groups in total. The molecule has 1 fully saturated rings. The van der Waals surface area contributed by atoms with Gasteiger partial charge in [-0.1, -0.05) is 19.1 Å². The lowest BCUT2D eigenvalue weighted by Gasteiger charge is -2.34. The van der Waals surface area contributed by atoms with Crippen LogP contribution in [-0.2, 0) is 9.53 Å². The number of hydrogen-bond acceptors (Lipinski definition) is 2. The summed E-state index contributed by atoms with van der Waals surface area (Å²) < 4.78 is 5.05. The highest BCUT2D eigenvalue weighted by Crippen LogP contribution is 2.39. The molecule has 2 nitrogen and oxygen atoms in total. The van der Waals surface area contributed by atoms with Crippen LogP contribution >= 0.6 is 0 Å². The van der Waals surface area contributed by atoms with Gasteiger partial charge in [-0.2, -0.15) is 0 Å². The fourth-order valence-corrected chi connectivity index (χ4v) is 2.31. The van der Waals surface area contributed by atoms with Crippen molar-refractivity contribution in [2.24, 2.45) is 11.3 Å². The van der Waals surface area contributed by atoms with Crippen molar-refractivity contribution in [3.63, 3.8) is 0 Å². The van der Waals surface area contributed by atoms with Gasteiger partial charge in [0.25, 0.3) is 0 Å². The van der Waals surface area contributed by atoms with E-state index in [1.807, 2.05) is 0 Å². The minimum atomic E-state index is -0.156. The van der Waals surface area contributed by atoms with Crippen molar-refractivity contribution in [1.82, 2.24) is 0 Å². The van der Waals surface area contributed by atoms with Crippen molar-refractivity contribution in [2.45, 2.75) is 46.5 Å². The Morgan fingerprint density at radius 2 is 2.07 bits per heavy atom. The van der Waals surface area contributed by atoms with Crippen LogP contribution in [0, 0.1) is 11.3 Å². The second-order valence-electron chi connectivity index (χ2n) is 4.90. The Balaban J connectivity index is 2.32. The summed E-state index contributed by atoms with van der Waals surface area (Å²) in [5.74, 6) is 0.420. The maximum absolute atomic E-state index is 10.7. The van der Waals surface area contributed by atoms with Crippen LogP contribution in [0.2, 0.25) is 0 Å². The minimum Gasteiger partial charge on any atom is -0.466 e. The lowest BCUT2D eigenvalue weighted by molar-refractivity contribution is -0.142. The molecule has 2 heteroatoms. The second kappa shape index (κ2) is 5.34. The predicted octanol–water partition coefficient (Wildman–Crippen LogP) is 3.32. The molecule has 1 aliphatic rings. The summed E-state index contributed by atoms with van der Waals surface area (Å²) in [4.78, 5) is 10.7. The Kier molecular flexibility index (Phi) is 4.37. The van der Waals surface area contributed by atoms with E-state index >= 15 is 0 Å². The molecule has 0 amide bonds. The van der Waals surface area contributed by atoms with Crippen LogP contribution in [0.15, 0.2) is 12.2 Å². The Hall–Kier alpha value is -0.790. The third-order valence-corrected chi connectivity index (χ3v) is 3.34. The van der Waals surface area contributed by atoms with E-state index in [9.17, 15) is 4.79 Å². The highest BCUT2D eigenvalue weighted by Gasteiger charge is 2.28. The molecule has 0 spiro atoms. The first kappa shape index (κ1) is 12.3. The third kappa shape index (κ3) is 4.06. The van der Waals surface area contributed by atoms with Crippen LogP contribution in [0.1, 0.15) is 46.5 Å². The van der Waals surface area contributed by atoms with Crippen LogP contribution in [0.5, 0.6) is 0 Å². The summed E-state index contributed by atoms with van der Waals surface area (Å²) >= 11 is 0. The van der Waals surface area contributed by atoms with Crippen molar-refractivity contribution in [3.8, 4) is 0 Å². The zero-order valence-corrected chi connectivity index (χ0v) is 10.1. The lowest BCUT2D eigenvalue weighted by atomic mass is 9.72. The predicted molar refractivity (Wildman–Crippen MR) is 61.5 cm³/mol. The molecule has 0 heterocycles. The number of ether oxygens (including phenoxy) is 1. The number of carbonyl (C=O) groups excluding carboxylic acids is 1. The second-order valence-corrected chi connectivity index (χ2v) is 4.90. The van der Waals surface area contributed by atoms with E-state index in [1.165, 1.54) is 32.6 Å². The van der Waals surface area contributed by atoms with Gasteiger partial charge < -0.3 is 4.74 Å². The van der Waals surface area contributed by atoms with Gasteiger partial charge in [-0.3, -0.25) is 4.79 Å². The highest BCUT2D eigenvalue weighted by molar-refractivity contribution is 5.65. The summed E-state index contributed by atoms with van der Waals surface area (Å²) in [5, 5.41) is 0. The fraction of sp³-hybridized carbons (Fsp3) is 0.769. The summed E-state index contributed by atoms with van der Waals surface area (Å²) in [6.07, 6.45) is 9.23. The molecule has 0 saturated heterocycles. The largest absolute Gasteiger partial charge is 0.466 e. The van der Waals surface area contributed by atoms with Crippen molar-refractivity contribution in [3.05, 3.63) is 12.2 Å². The molecule has 0 aromatic heterocycles. The lowest BCUT2D eigenvalue weighted by Crippen LogP contribution is -2.25. The van der Waals surface area contributed by atoms with E-state index in [0.29, 0.717) is 17.9 Å². The van der Waals surface area contributed by atoms with E-state index in [2.05, 4.69) is 26.0 Å². The first-order valence-corrected chi connectivity index (χ1v) is 5.83. The van der Waals surface area contributed by atoms with Crippen LogP contribution in [0.3, 0.4) is 0 Å². The molecule has 0 aliphatic heterocycles. The van der Waals surface area contributed by atoms with Crippen LogP contribution < -0.4 is 0 Å². The summed E-state index contributed by atoms with van der Waals surface area (Å²) in [7, 11) is 0. The number of allylic oxidation sites excluding steroid dienone is 2. The first-order chi connectivity index (χ1) is 7.06. The zero-order chi connectivity index (χ0) is 11.3. The van der Waals surface area contributed by atoms with Gasteiger partial charge >= 0.3 is 5.97 Å². The van der Waals surface area contributed by atoms with Gasteiger partial charge in [0.05, 0.1) is 6.61 Å². The molecule has 1 rings (SSSR count). The van der Waals surface area contributed by atoms with Gasteiger partial charge in [-0.05, 0) is 43.9 Å². The van der Waals surface area contributed by atoms with Crippen molar-refractivity contribution < 1.29 is 9.53 Å². The van der Waals surface area contributed by atoms with Gasteiger partial charge in [0.2, 0.25) is 0 Å². The number of rotatable bonds is 3. The molecule has 0 atom stereocenters. The topological polar surface area (TPSA) is 26.3 Å². The Morgan fingerprint density at radius 3 is 2.53 bits per heavy atom. The standard InChI is InChI=1S/C13H22O2/c1-4-7-13(3)8-5-12(6-9-13)10-15-11(2)14/h4,7,12H,5-6,8-10H2,1-3H3/b7-4+. The molecule has 15 heavy (non-hydrogen) atoms. The maximum atomic E-state index is 10.7. The van der Waals surface area contributed by atoms with Gasteiger partial charge in [0, 0.05) is 6.92 Å². The molecule has 86 valence electrons. The quantitative estimate of drug-likeness (QED) is 0.527. The van der Waals surface area contributed by atoms with Crippen molar-refractivity contribution in [1.29, 1.82) is 0 Å². The van der Waals surface area contributed by atoms with Gasteiger partial charge in [0.1, 0.15) is 0 Å². The van der Waals surface area contributed by atoms with Crippen molar-refractivity contribution in [2.75, 3.05) is 6.61 Å². The summed E-state index contributed by atoms with van der Waals surface area (Å²) in [6.45, 7) is 6.49. The van der Waals surface area contributed by atoms with E-state index in [-0.39, 0.29) is 5.97 Å². The summed E-state index contributed by atoms with van der Waals surface area (Å²) in [5.41, 5.74) is 0.376. The molecule has 0 aromatic carbocycles. The normalized spacial score (nSPS) is 31.8. The minimum absolute atomic E-state index is 0.156. The Bertz CT molecular complexity index is 235. The van der Waals surface area contributed by atoms with Gasteiger partial charge in [-0.15, -0.1) is 0 Å². The van der Waals surface area contributed by atoms with E-state index in [1.54, 1.807) is 0 Å².